The smallest absolute Gasteiger partial charge is 0.0702 e. The second-order valence-electron chi connectivity index (χ2n) is 5.89. The van der Waals surface area contributed by atoms with Crippen LogP contribution in [0.3, 0.4) is 0 Å². The molecule has 4 heteroatoms. The third kappa shape index (κ3) is 4.03. The van der Waals surface area contributed by atoms with E-state index >= 15 is 0 Å². The fourth-order valence-corrected chi connectivity index (χ4v) is 4.20. The first-order chi connectivity index (χ1) is 9.02. The highest BCUT2D eigenvalue weighted by Crippen LogP contribution is 2.38. The van der Waals surface area contributed by atoms with Crippen molar-refractivity contribution in [3.8, 4) is 0 Å². The molecule has 2 unspecified atom stereocenters. The molecule has 19 heavy (non-hydrogen) atoms. The van der Waals surface area contributed by atoms with Gasteiger partial charge in [-0.25, -0.2) is 0 Å². The lowest BCUT2D eigenvalue weighted by molar-refractivity contribution is 0.126. The number of hydrogen-bond donors (Lipinski definition) is 1. The van der Waals surface area contributed by atoms with Crippen LogP contribution in [0.1, 0.15) is 51.0 Å². The lowest BCUT2D eigenvalue weighted by Gasteiger charge is -2.37. The number of thiophene rings is 1. The number of rotatable bonds is 7. The van der Waals surface area contributed by atoms with E-state index in [0.29, 0.717) is 12.1 Å². The van der Waals surface area contributed by atoms with Gasteiger partial charge < -0.3 is 5.73 Å². The molecule has 0 aliphatic heterocycles. The first-order valence-electron chi connectivity index (χ1n) is 7.29. The Labute approximate surface area is 129 Å². The molecule has 2 nitrogen and oxygen atoms in total. The Morgan fingerprint density at radius 2 is 2.11 bits per heavy atom. The maximum Gasteiger partial charge on any atom is 0.0702 e. The van der Waals surface area contributed by atoms with Crippen LogP contribution in [0.15, 0.2) is 15.9 Å². The molecule has 1 aromatic heterocycles. The molecule has 0 bridgehead atoms. The first kappa shape index (κ1) is 15.5. The highest BCUT2D eigenvalue weighted by molar-refractivity contribution is 9.11. The molecular formula is C15H25BrN2S. The van der Waals surface area contributed by atoms with E-state index in [-0.39, 0.29) is 6.04 Å². The van der Waals surface area contributed by atoms with Crippen molar-refractivity contribution < 1.29 is 0 Å². The standard InChI is InChI=1S/C15H25BrN2S/c1-4-12(17)15(13-7-8-14(16)19-13)18(10(2)3)9-11-5-6-11/h7-8,10-12,15H,4-6,9,17H2,1-3H3. The summed E-state index contributed by atoms with van der Waals surface area (Å²) in [7, 11) is 0. The van der Waals surface area contributed by atoms with Gasteiger partial charge >= 0.3 is 0 Å². The van der Waals surface area contributed by atoms with E-state index in [9.17, 15) is 0 Å². The van der Waals surface area contributed by atoms with Gasteiger partial charge in [0.1, 0.15) is 0 Å². The highest BCUT2D eigenvalue weighted by atomic mass is 79.9. The van der Waals surface area contributed by atoms with Crippen molar-refractivity contribution in [2.24, 2.45) is 11.7 Å². The fraction of sp³-hybridized carbons (Fsp3) is 0.733. The van der Waals surface area contributed by atoms with Gasteiger partial charge in [-0.05, 0) is 67.1 Å². The van der Waals surface area contributed by atoms with Crippen molar-refractivity contribution in [2.75, 3.05) is 6.54 Å². The zero-order chi connectivity index (χ0) is 14.0. The van der Waals surface area contributed by atoms with Crippen molar-refractivity contribution >= 4 is 27.3 Å². The zero-order valence-corrected chi connectivity index (χ0v) is 14.5. The molecule has 0 amide bonds. The molecule has 2 rings (SSSR count). The Hall–Kier alpha value is 0.1000. The lowest BCUT2D eigenvalue weighted by atomic mass is 10.0. The van der Waals surface area contributed by atoms with Gasteiger partial charge in [0.05, 0.1) is 9.83 Å². The number of halogens is 1. The minimum absolute atomic E-state index is 0.215. The molecule has 1 heterocycles. The molecule has 1 aliphatic carbocycles. The predicted octanol–water partition coefficient (Wildman–Crippen LogP) is 4.41. The van der Waals surface area contributed by atoms with Gasteiger partial charge in [0.25, 0.3) is 0 Å². The monoisotopic (exact) mass is 344 g/mol. The van der Waals surface area contributed by atoms with Gasteiger partial charge in [-0.1, -0.05) is 6.92 Å². The normalized spacial score (nSPS) is 19.1. The molecule has 2 atom stereocenters. The van der Waals surface area contributed by atoms with Crippen LogP contribution in [0, 0.1) is 5.92 Å². The van der Waals surface area contributed by atoms with Crippen LogP contribution in [-0.4, -0.2) is 23.5 Å². The molecule has 2 N–H and O–H groups in total. The van der Waals surface area contributed by atoms with Gasteiger partial charge in [0.15, 0.2) is 0 Å². The van der Waals surface area contributed by atoms with Crippen molar-refractivity contribution in [1.29, 1.82) is 0 Å². The van der Waals surface area contributed by atoms with Crippen LogP contribution >= 0.6 is 27.3 Å². The average molecular weight is 345 g/mol. The SMILES string of the molecule is CCC(N)C(c1ccc(Br)s1)N(CC1CC1)C(C)C. The second-order valence-corrected chi connectivity index (χ2v) is 8.39. The minimum Gasteiger partial charge on any atom is -0.326 e. The summed E-state index contributed by atoms with van der Waals surface area (Å²) in [4.78, 5) is 4.01. The van der Waals surface area contributed by atoms with Gasteiger partial charge in [0, 0.05) is 23.5 Å². The maximum atomic E-state index is 6.44. The van der Waals surface area contributed by atoms with Gasteiger partial charge in [-0.3, -0.25) is 4.90 Å². The summed E-state index contributed by atoms with van der Waals surface area (Å²) in [5, 5.41) is 0. The maximum absolute atomic E-state index is 6.44. The Morgan fingerprint density at radius 3 is 2.53 bits per heavy atom. The molecule has 1 fully saturated rings. The quantitative estimate of drug-likeness (QED) is 0.793. The molecule has 0 saturated heterocycles. The van der Waals surface area contributed by atoms with Crippen LogP contribution in [0.25, 0.3) is 0 Å². The predicted molar refractivity (Wildman–Crippen MR) is 87.6 cm³/mol. The molecule has 108 valence electrons. The number of nitrogens with two attached hydrogens (primary N) is 1. The van der Waals surface area contributed by atoms with E-state index in [1.54, 1.807) is 0 Å². The van der Waals surface area contributed by atoms with E-state index in [1.807, 2.05) is 11.3 Å². The van der Waals surface area contributed by atoms with E-state index in [0.717, 1.165) is 12.3 Å². The van der Waals surface area contributed by atoms with Crippen molar-refractivity contribution in [3.05, 3.63) is 20.8 Å². The summed E-state index contributed by atoms with van der Waals surface area (Å²) in [5.74, 6) is 0.900. The summed E-state index contributed by atoms with van der Waals surface area (Å²) >= 11 is 5.41. The van der Waals surface area contributed by atoms with Crippen LogP contribution in [-0.2, 0) is 0 Å². The van der Waals surface area contributed by atoms with E-state index in [4.69, 9.17) is 5.73 Å². The topological polar surface area (TPSA) is 29.3 Å². The number of nitrogens with zero attached hydrogens (tertiary/aromatic N) is 1. The third-order valence-corrected chi connectivity index (χ3v) is 5.64. The molecule has 1 saturated carbocycles. The highest BCUT2D eigenvalue weighted by Gasteiger charge is 2.33. The van der Waals surface area contributed by atoms with E-state index in [2.05, 4.69) is 53.7 Å². The van der Waals surface area contributed by atoms with Gasteiger partial charge in [0.2, 0.25) is 0 Å². The van der Waals surface area contributed by atoms with Crippen molar-refractivity contribution in [3.63, 3.8) is 0 Å². The van der Waals surface area contributed by atoms with Crippen LogP contribution in [0.4, 0.5) is 0 Å². The minimum atomic E-state index is 0.215. The summed E-state index contributed by atoms with van der Waals surface area (Å²) < 4.78 is 1.20. The molecule has 0 aromatic carbocycles. The van der Waals surface area contributed by atoms with E-state index < -0.39 is 0 Å². The zero-order valence-electron chi connectivity index (χ0n) is 12.1. The van der Waals surface area contributed by atoms with Crippen molar-refractivity contribution in [1.82, 2.24) is 4.90 Å². The largest absolute Gasteiger partial charge is 0.326 e. The Kier molecular flexibility index (Phi) is 5.46. The molecule has 1 aromatic rings. The van der Waals surface area contributed by atoms with Crippen LogP contribution < -0.4 is 5.73 Å². The summed E-state index contributed by atoms with van der Waals surface area (Å²) in [5.41, 5.74) is 6.44. The van der Waals surface area contributed by atoms with Crippen molar-refractivity contribution in [2.45, 2.75) is 58.2 Å². The summed E-state index contributed by atoms with van der Waals surface area (Å²) in [6.07, 6.45) is 3.81. The molecule has 0 spiro atoms. The lowest BCUT2D eigenvalue weighted by Crippen LogP contribution is -2.44. The second kappa shape index (κ2) is 6.70. The van der Waals surface area contributed by atoms with E-state index in [1.165, 1.54) is 28.0 Å². The third-order valence-electron chi connectivity index (χ3n) is 3.95. The Morgan fingerprint density at radius 1 is 1.42 bits per heavy atom. The Balaban J connectivity index is 2.22. The fourth-order valence-electron chi connectivity index (χ4n) is 2.58. The molecule has 0 radical (unpaired) electrons. The van der Waals surface area contributed by atoms with Gasteiger partial charge in [-0.2, -0.15) is 0 Å². The van der Waals surface area contributed by atoms with Gasteiger partial charge in [-0.15, -0.1) is 11.3 Å². The summed E-state index contributed by atoms with van der Waals surface area (Å²) in [6.45, 7) is 7.97. The average Bonchev–Trinajstić information content (AvgIpc) is 3.09. The molecule has 1 aliphatic rings. The van der Waals surface area contributed by atoms with Crippen LogP contribution in [0.5, 0.6) is 0 Å². The summed E-state index contributed by atoms with van der Waals surface area (Å²) in [6, 6.07) is 5.50. The Bertz CT molecular complexity index is 401. The molecular weight excluding hydrogens is 320 g/mol. The first-order valence-corrected chi connectivity index (χ1v) is 8.90. The van der Waals surface area contributed by atoms with Crippen LogP contribution in [0.2, 0.25) is 0 Å². The number of hydrogen-bond acceptors (Lipinski definition) is 3.